The van der Waals surface area contributed by atoms with Crippen molar-refractivity contribution in [3.05, 3.63) is 35.9 Å². The standard InChI is InChI=1S/C7H6O3.K/c8-7(10-9)6-4-2-1-3-5-6;/h1-5,9H;. The van der Waals surface area contributed by atoms with Gasteiger partial charge >= 0.3 is 5.97 Å². The minimum absolute atomic E-state index is 0. The third kappa shape index (κ3) is 3.46. The molecule has 53 valence electrons. The predicted molar refractivity (Wildman–Crippen MR) is 40.2 cm³/mol. The molecular formula is C7H6KO3. The molecule has 0 unspecified atom stereocenters. The molecule has 1 radical (unpaired) electrons. The molecule has 0 saturated carbocycles. The van der Waals surface area contributed by atoms with E-state index >= 15 is 0 Å². The summed E-state index contributed by atoms with van der Waals surface area (Å²) in [6.07, 6.45) is 0. The largest absolute Gasteiger partial charge is 0.372 e. The molecular weight excluding hydrogens is 171 g/mol. The second-order valence-electron chi connectivity index (χ2n) is 1.74. The molecule has 0 bridgehead atoms. The van der Waals surface area contributed by atoms with E-state index in [4.69, 9.17) is 5.26 Å². The smallest absolute Gasteiger partial charge is 0.296 e. The summed E-state index contributed by atoms with van der Waals surface area (Å²) >= 11 is 0. The van der Waals surface area contributed by atoms with Gasteiger partial charge in [-0.1, -0.05) is 18.2 Å². The first-order valence-electron chi connectivity index (χ1n) is 2.75. The zero-order valence-electron chi connectivity index (χ0n) is 6.15. The van der Waals surface area contributed by atoms with Gasteiger partial charge in [-0.25, -0.2) is 4.79 Å². The van der Waals surface area contributed by atoms with Crippen LogP contribution in [0.2, 0.25) is 0 Å². The molecule has 3 nitrogen and oxygen atoms in total. The van der Waals surface area contributed by atoms with Crippen molar-refractivity contribution >= 4 is 57.4 Å². The fourth-order valence-corrected chi connectivity index (χ4v) is 0.627. The van der Waals surface area contributed by atoms with Crippen LogP contribution in [0.5, 0.6) is 0 Å². The molecule has 1 rings (SSSR count). The molecule has 0 saturated heterocycles. The van der Waals surface area contributed by atoms with Crippen LogP contribution in [0.4, 0.5) is 0 Å². The molecule has 0 amide bonds. The number of carbonyl (C=O) groups excluding carboxylic acids is 1. The Bertz CT molecular complexity index is 222. The quantitative estimate of drug-likeness (QED) is 0.394. The van der Waals surface area contributed by atoms with Gasteiger partial charge in [-0.2, -0.15) is 5.26 Å². The first-order valence-corrected chi connectivity index (χ1v) is 2.75. The van der Waals surface area contributed by atoms with Crippen LogP contribution in [-0.4, -0.2) is 62.6 Å². The third-order valence-electron chi connectivity index (χ3n) is 1.09. The van der Waals surface area contributed by atoms with Gasteiger partial charge in [0.15, 0.2) is 0 Å². The van der Waals surface area contributed by atoms with E-state index in [1.165, 1.54) is 0 Å². The minimum Gasteiger partial charge on any atom is -0.296 e. The SMILES string of the molecule is O=C(OO)c1ccccc1.[K]. The maximum atomic E-state index is 10.5. The zero-order chi connectivity index (χ0) is 7.40. The number of hydrogen-bond donors (Lipinski definition) is 1. The molecule has 0 atom stereocenters. The summed E-state index contributed by atoms with van der Waals surface area (Å²) in [6.45, 7) is 0. The Kier molecular flexibility index (Phi) is 6.03. The van der Waals surface area contributed by atoms with Crippen LogP contribution in [0.1, 0.15) is 10.4 Å². The molecule has 4 heteroatoms. The third-order valence-corrected chi connectivity index (χ3v) is 1.09. The monoisotopic (exact) mass is 177 g/mol. The van der Waals surface area contributed by atoms with E-state index in [-0.39, 0.29) is 51.4 Å². The van der Waals surface area contributed by atoms with Crippen molar-refractivity contribution in [2.24, 2.45) is 0 Å². The van der Waals surface area contributed by atoms with E-state index in [9.17, 15) is 4.79 Å². The molecule has 0 aliphatic carbocycles. The maximum absolute atomic E-state index is 10.5. The first-order chi connectivity index (χ1) is 4.84. The van der Waals surface area contributed by atoms with Gasteiger partial charge in [-0.15, -0.1) is 0 Å². The van der Waals surface area contributed by atoms with Gasteiger partial charge < -0.3 is 0 Å². The van der Waals surface area contributed by atoms with Crippen LogP contribution in [0, 0.1) is 0 Å². The van der Waals surface area contributed by atoms with Crippen molar-refractivity contribution in [1.82, 2.24) is 0 Å². The van der Waals surface area contributed by atoms with E-state index in [1.54, 1.807) is 30.3 Å². The fraction of sp³-hybridized carbons (Fsp3) is 0. The Balaban J connectivity index is 0.000001000. The van der Waals surface area contributed by atoms with E-state index in [0.717, 1.165) is 0 Å². The van der Waals surface area contributed by atoms with Gasteiger partial charge in [0, 0.05) is 51.4 Å². The summed E-state index contributed by atoms with van der Waals surface area (Å²) < 4.78 is 0. The normalized spacial score (nSPS) is 8.09. The van der Waals surface area contributed by atoms with Crippen molar-refractivity contribution < 1.29 is 14.9 Å². The summed E-state index contributed by atoms with van der Waals surface area (Å²) in [7, 11) is 0. The van der Waals surface area contributed by atoms with Crippen molar-refractivity contribution in [2.75, 3.05) is 0 Å². The molecule has 0 aromatic heterocycles. The maximum Gasteiger partial charge on any atom is 0.372 e. The van der Waals surface area contributed by atoms with Gasteiger partial charge in [-0.05, 0) is 12.1 Å². The summed E-state index contributed by atoms with van der Waals surface area (Å²) in [6, 6.07) is 8.25. The molecule has 11 heavy (non-hydrogen) atoms. The predicted octanol–water partition coefficient (Wildman–Crippen LogP) is 0.936. The van der Waals surface area contributed by atoms with Crippen LogP contribution in [-0.2, 0) is 4.89 Å². The first kappa shape index (κ1) is 11.3. The van der Waals surface area contributed by atoms with Crippen LogP contribution < -0.4 is 0 Å². The Labute approximate surface area is 107 Å². The summed E-state index contributed by atoms with van der Waals surface area (Å²) in [4.78, 5) is 14.0. The van der Waals surface area contributed by atoms with E-state index in [1.807, 2.05) is 0 Å². The van der Waals surface area contributed by atoms with Gasteiger partial charge in [0.1, 0.15) is 0 Å². The van der Waals surface area contributed by atoms with Crippen LogP contribution in [0.15, 0.2) is 30.3 Å². The van der Waals surface area contributed by atoms with Gasteiger partial charge in [0.25, 0.3) is 0 Å². The van der Waals surface area contributed by atoms with E-state index in [2.05, 4.69) is 4.89 Å². The van der Waals surface area contributed by atoms with Gasteiger partial charge in [-0.3, -0.25) is 4.89 Å². The Morgan fingerprint density at radius 2 is 1.82 bits per heavy atom. The van der Waals surface area contributed by atoms with Crippen molar-refractivity contribution in [3.8, 4) is 0 Å². The number of benzene rings is 1. The second kappa shape index (κ2) is 5.88. The zero-order valence-corrected chi connectivity index (χ0v) is 9.27. The van der Waals surface area contributed by atoms with Gasteiger partial charge in [0.2, 0.25) is 0 Å². The number of rotatable bonds is 1. The molecule has 0 aliphatic heterocycles. The van der Waals surface area contributed by atoms with Crippen molar-refractivity contribution in [3.63, 3.8) is 0 Å². The average molecular weight is 177 g/mol. The fourth-order valence-electron chi connectivity index (χ4n) is 0.627. The average Bonchev–Trinajstić information content (AvgIpc) is 2.05. The topological polar surface area (TPSA) is 46.5 Å². The Morgan fingerprint density at radius 3 is 2.27 bits per heavy atom. The summed E-state index contributed by atoms with van der Waals surface area (Å²) in [5.41, 5.74) is 0.338. The molecule has 1 aromatic carbocycles. The van der Waals surface area contributed by atoms with Crippen LogP contribution >= 0.6 is 0 Å². The van der Waals surface area contributed by atoms with E-state index in [0.29, 0.717) is 5.56 Å². The number of carbonyl (C=O) groups is 1. The molecule has 0 spiro atoms. The summed E-state index contributed by atoms with van der Waals surface area (Å²) in [5.74, 6) is -0.736. The summed E-state index contributed by atoms with van der Waals surface area (Å²) in [5, 5.41) is 7.94. The molecule has 1 aromatic rings. The second-order valence-corrected chi connectivity index (χ2v) is 1.74. The molecule has 0 fully saturated rings. The van der Waals surface area contributed by atoms with E-state index < -0.39 is 5.97 Å². The molecule has 1 N–H and O–H groups in total. The van der Waals surface area contributed by atoms with Crippen molar-refractivity contribution in [1.29, 1.82) is 0 Å². The Morgan fingerprint density at radius 1 is 1.27 bits per heavy atom. The van der Waals surface area contributed by atoms with Crippen LogP contribution in [0.25, 0.3) is 0 Å². The van der Waals surface area contributed by atoms with Gasteiger partial charge in [0.05, 0.1) is 5.56 Å². The minimum atomic E-state index is -0.736. The molecule has 0 heterocycles. The van der Waals surface area contributed by atoms with Crippen molar-refractivity contribution in [2.45, 2.75) is 0 Å². The van der Waals surface area contributed by atoms with Crippen LogP contribution in [0.3, 0.4) is 0 Å². The number of hydrogen-bond acceptors (Lipinski definition) is 3. The molecule has 0 aliphatic rings. The Hall–Kier alpha value is 0.286.